The van der Waals surface area contributed by atoms with Gasteiger partial charge in [0, 0.05) is 22.1 Å². The molecule has 0 saturated carbocycles. The summed E-state index contributed by atoms with van der Waals surface area (Å²) in [4.78, 5) is 11.6. The number of aldehydes is 1. The molecule has 1 heterocycles. The summed E-state index contributed by atoms with van der Waals surface area (Å²) in [6.45, 7) is 1.92. The second-order valence-electron chi connectivity index (χ2n) is 5.05. The molecule has 0 aliphatic heterocycles. The van der Waals surface area contributed by atoms with Crippen molar-refractivity contribution in [3.8, 4) is 5.75 Å². The molecule has 0 unspecified atom stereocenters. The van der Waals surface area contributed by atoms with Crippen molar-refractivity contribution in [2.24, 2.45) is 0 Å². The summed E-state index contributed by atoms with van der Waals surface area (Å²) in [6.07, 6.45) is 7.27. The van der Waals surface area contributed by atoms with E-state index in [9.17, 15) is 9.90 Å². The maximum absolute atomic E-state index is 11.6. The average Bonchev–Trinajstić information content (AvgIpc) is 2.89. The molecule has 1 aliphatic rings. The molecule has 2 aromatic rings. The van der Waals surface area contributed by atoms with Crippen LogP contribution in [0.1, 0.15) is 46.3 Å². The number of hydrogen-bond donors (Lipinski definition) is 1. The second kappa shape index (κ2) is 4.80. The van der Waals surface area contributed by atoms with Crippen LogP contribution in [0, 0.1) is 0 Å². The van der Waals surface area contributed by atoms with Crippen molar-refractivity contribution in [3.05, 3.63) is 34.6 Å². The molecule has 1 aliphatic carbocycles. The van der Waals surface area contributed by atoms with Crippen molar-refractivity contribution in [1.82, 2.24) is 0 Å². The minimum atomic E-state index is -0.167. The molecule has 3 rings (SSSR count). The highest BCUT2D eigenvalue weighted by atomic mass is 16.5. The molecule has 1 aromatic heterocycles. The number of aliphatic hydroxyl groups excluding tert-OH is 1. The zero-order chi connectivity index (χ0) is 14.3. The number of carbonyl (C=O) groups excluding carboxylic acids is 1. The molecule has 4 nitrogen and oxygen atoms in total. The van der Waals surface area contributed by atoms with Crippen LogP contribution >= 0.6 is 0 Å². The van der Waals surface area contributed by atoms with E-state index in [0.29, 0.717) is 27.8 Å². The summed E-state index contributed by atoms with van der Waals surface area (Å²) >= 11 is 0. The number of carbonyl (C=O) groups is 1. The van der Waals surface area contributed by atoms with Gasteiger partial charge < -0.3 is 14.3 Å². The summed E-state index contributed by atoms with van der Waals surface area (Å²) < 4.78 is 11.0. The molecule has 1 atom stereocenters. The Morgan fingerprint density at radius 3 is 3.00 bits per heavy atom. The molecule has 0 amide bonds. The zero-order valence-electron chi connectivity index (χ0n) is 11.5. The number of furan rings is 1. The lowest BCUT2D eigenvalue weighted by Gasteiger charge is -2.22. The van der Waals surface area contributed by atoms with Crippen LogP contribution in [0.5, 0.6) is 5.75 Å². The maximum Gasteiger partial charge on any atom is 0.177 e. The number of fused-ring (bicyclic) bond motifs is 2. The topological polar surface area (TPSA) is 59.7 Å². The Morgan fingerprint density at radius 2 is 2.35 bits per heavy atom. The highest BCUT2D eigenvalue weighted by Crippen LogP contribution is 2.44. The van der Waals surface area contributed by atoms with Gasteiger partial charge in [0.25, 0.3) is 0 Å². The van der Waals surface area contributed by atoms with E-state index < -0.39 is 0 Å². The van der Waals surface area contributed by atoms with Crippen LogP contribution < -0.4 is 4.74 Å². The number of methoxy groups -OCH3 is 1. The van der Waals surface area contributed by atoms with E-state index in [2.05, 4.69) is 13.0 Å². The summed E-state index contributed by atoms with van der Waals surface area (Å²) in [5.41, 5.74) is 3.62. The predicted octanol–water partition coefficient (Wildman–Crippen LogP) is 3.27. The van der Waals surface area contributed by atoms with Crippen molar-refractivity contribution in [1.29, 1.82) is 0 Å². The molecule has 0 spiro atoms. The minimum absolute atomic E-state index is 0.167. The Morgan fingerprint density at radius 1 is 1.55 bits per heavy atom. The van der Waals surface area contributed by atoms with Crippen LogP contribution in [0.2, 0.25) is 0 Å². The second-order valence-corrected chi connectivity index (χ2v) is 5.05. The third kappa shape index (κ3) is 1.61. The fourth-order valence-corrected chi connectivity index (χ4v) is 3.03. The van der Waals surface area contributed by atoms with Gasteiger partial charge in [-0.1, -0.05) is 19.1 Å². The fourth-order valence-electron chi connectivity index (χ4n) is 3.03. The van der Waals surface area contributed by atoms with Crippen molar-refractivity contribution in [3.63, 3.8) is 0 Å². The van der Waals surface area contributed by atoms with Crippen molar-refractivity contribution < 1.29 is 19.1 Å². The maximum atomic E-state index is 11.6. The first-order chi connectivity index (χ1) is 9.72. The van der Waals surface area contributed by atoms with Crippen molar-refractivity contribution in [2.75, 3.05) is 7.11 Å². The van der Waals surface area contributed by atoms with Gasteiger partial charge in [-0.3, -0.25) is 4.79 Å². The van der Waals surface area contributed by atoms with Crippen LogP contribution in [0.4, 0.5) is 0 Å². The highest BCUT2D eigenvalue weighted by molar-refractivity contribution is 6.04. The lowest BCUT2D eigenvalue weighted by Crippen LogP contribution is -2.07. The number of hydrogen-bond acceptors (Lipinski definition) is 4. The third-order valence-electron chi connectivity index (χ3n) is 3.93. The van der Waals surface area contributed by atoms with Crippen LogP contribution in [0.25, 0.3) is 17.0 Å². The van der Waals surface area contributed by atoms with Crippen LogP contribution in [-0.2, 0) is 6.61 Å². The lowest BCUT2D eigenvalue weighted by atomic mass is 9.83. The van der Waals surface area contributed by atoms with Crippen molar-refractivity contribution >= 4 is 23.3 Å². The van der Waals surface area contributed by atoms with Gasteiger partial charge >= 0.3 is 0 Å². The molecular formula is C16H16O4. The van der Waals surface area contributed by atoms with E-state index in [0.717, 1.165) is 23.8 Å². The van der Waals surface area contributed by atoms with E-state index in [1.165, 1.54) is 6.26 Å². The third-order valence-corrected chi connectivity index (χ3v) is 3.93. The Bertz CT molecular complexity index is 709. The molecule has 0 bridgehead atoms. The smallest absolute Gasteiger partial charge is 0.177 e. The quantitative estimate of drug-likeness (QED) is 0.871. The van der Waals surface area contributed by atoms with E-state index in [1.54, 1.807) is 7.11 Å². The molecule has 0 saturated heterocycles. The van der Waals surface area contributed by atoms with Crippen LogP contribution in [-0.4, -0.2) is 18.5 Å². The molecule has 104 valence electrons. The van der Waals surface area contributed by atoms with E-state index in [1.807, 2.05) is 6.08 Å². The van der Waals surface area contributed by atoms with Gasteiger partial charge in [-0.2, -0.15) is 0 Å². The number of rotatable bonds is 3. The van der Waals surface area contributed by atoms with Gasteiger partial charge in [0.15, 0.2) is 17.6 Å². The normalized spacial score (nSPS) is 17.2. The number of aliphatic hydroxyl groups is 1. The molecule has 1 aromatic carbocycles. The Labute approximate surface area is 116 Å². The van der Waals surface area contributed by atoms with Gasteiger partial charge in [-0.05, 0) is 17.9 Å². The Hall–Kier alpha value is -2.07. The number of allylic oxidation sites excluding steroid dienone is 1. The van der Waals surface area contributed by atoms with Gasteiger partial charge in [-0.25, -0.2) is 0 Å². The largest absolute Gasteiger partial charge is 0.492 e. The number of benzene rings is 1. The summed E-state index contributed by atoms with van der Waals surface area (Å²) in [7, 11) is 1.59. The van der Waals surface area contributed by atoms with E-state index in [4.69, 9.17) is 9.15 Å². The molecule has 1 N–H and O–H groups in total. The first-order valence-electron chi connectivity index (χ1n) is 6.59. The standard InChI is InChI=1S/C16H16O4/c1-9-4-3-5-11-13(9)12(7-18)14-10(6-17)8-20-16(14)15(11)19-2/h3,5,7-9,17H,4,6H2,1-2H3/t9-/m0/s1. The zero-order valence-corrected chi connectivity index (χ0v) is 11.5. The van der Waals surface area contributed by atoms with Crippen molar-refractivity contribution in [2.45, 2.75) is 25.9 Å². The summed E-state index contributed by atoms with van der Waals surface area (Å²) in [5.74, 6) is 0.859. The first kappa shape index (κ1) is 12.9. The monoisotopic (exact) mass is 272 g/mol. The van der Waals surface area contributed by atoms with Gasteiger partial charge in [0.05, 0.1) is 20.0 Å². The molecular weight excluding hydrogens is 256 g/mol. The highest BCUT2D eigenvalue weighted by Gasteiger charge is 2.27. The molecule has 4 heteroatoms. The SMILES string of the molecule is COc1c2c(c(C=O)c3c(CO)coc13)[C@@H](C)CC=C2. The summed E-state index contributed by atoms with van der Waals surface area (Å²) in [5, 5.41) is 10.1. The minimum Gasteiger partial charge on any atom is -0.492 e. The van der Waals surface area contributed by atoms with Gasteiger partial charge in [0.1, 0.15) is 0 Å². The Balaban J connectivity index is 2.52. The molecule has 0 fully saturated rings. The Kier molecular flexibility index (Phi) is 3.10. The van der Waals surface area contributed by atoms with Gasteiger partial charge in [0.2, 0.25) is 0 Å². The van der Waals surface area contributed by atoms with E-state index >= 15 is 0 Å². The molecule has 0 radical (unpaired) electrons. The summed E-state index contributed by atoms with van der Waals surface area (Å²) in [6, 6.07) is 0. The first-order valence-corrected chi connectivity index (χ1v) is 6.59. The predicted molar refractivity (Wildman–Crippen MR) is 76.1 cm³/mol. The fraction of sp³-hybridized carbons (Fsp3) is 0.312. The van der Waals surface area contributed by atoms with E-state index in [-0.39, 0.29) is 12.5 Å². The van der Waals surface area contributed by atoms with Crippen LogP contribution in [0.15, 0.2) is 16.8 Å². The lowest BCUT2D eigenvalue weighted by molar-refractivity contribution is 0.112. The average molecular weight is 272 g/mol. The molecule has 20 heavy (non-hydrogen) atoms. The van der Waals surface area contributed by atoms with Crippen LogP contribution in [0.3, 0.4) is 0 Å². The van der Waals surface area contributed by atoms with Gasteiger partial charge in [-0.15, -0.1) is 0 Å². The number of ether oxygens (including phenoxy) is 1.